The fourth-order valence-corrected chi connectivity index (χ4v) is 3.53. The summed E-state index contributed by atoms with van der Waals surface area (Å²) in [5, 5.41) is 8.79. The van der Waals surface area contributed by atoms with E-state index in [4.69, 9.17) is 19.1 Å². The zero-order valence-electron chi connectivity index (χ0n) is 18.2. The number of rotatable bonds is 7. The van der Waals surface area contributed by atoms with Gasteiger partial charge in [0, 0.05) is 56.0 Å². The van der Waals surface area contributed by atoms with Crippen LogP contribution in [0.5, 0.6) is 5.88 Å². The number of fused-ring (bicyclic) bond motifs is 1. The van der Waals surface area contributed by atoms with Crippen LogP contribution in [0, 0.1) is 0 Å². The van der Waals surface area contributed by atoms with Crippen LogP contribution in [0.25, 0.3) is 11.6 Å². The molecule has 164 valence electrons. The van der Waals surface area contributed by atoms with E-state index >= 15 is 0 Å². The number of methoxy groups -OCH3 is 1. The summed E-state index contributed by atoms with van der Waals surface area (Å²) in [5.74, 6) is 1.23. The van der Waals surface area contributed by atoms with Crippen molar-refractivity contribution in [3.8, 4) is 17.5 Å². The van der Waals surface area contributed by atoms with E-state index in [9.17, 15) is 4.79 Å². The SMILES string of the molecule is COc1ccc(C(=O)N(C)CCc2noc(-c3nn(C(C)C)c4c3COCC4)n2)cn1. The van der Waals surface area contributed by atoms with Gasteiger partial charge in [-0.15, -0.1) is 0 Å². The van der Waals surface area contributed by atoms with Crippen molar-refractivity contribution in [1.82, 2.24) is 29.8 Å². The smallest absolute Gasteiger partial charge is 0.278 e. The number of ether oxygens (including phenoxy) is 2. The number of pyridine rings is 1. The lowest BCUT2D eigenvalue weighted by Crippen LogP contribution is -2.29. The van der Waals surface area contributed by atoms with E-state index in [2.05, 4.69) is 29.0 Å². The van der Waals surface area contributed by atoms with E-state index in [0.717, 1.165) is 17.7 Å². The number of carbonyl (C=O) groups excluding carboxylic acids is 1. The molecular formula is C21H26N6O4. The van der Waals surface area contributed by atoms with Gasteiger partial charge in [-0.1, -0.05) is 5.16 Å². The molecule has 0 N–H and O–H groups in total. The highest BCUT2D eigenvalue weighted by Crippen LogP contribution is 2.30. The summed E-state index contributed by atoms with van der Waals surface area (Å²) >= 11 is 0. The molecule has 1 aliphatic heterocycles. The van der Waals surface area contributed by atoms with E-state index < -0.39 is 0 Å². The van der Waals surface area contributed by atoms with Crippen LogP contribution in [-0.2, 0) is 24.2 Å². The Morgan fingerprint density at radius 2 is 2.19 bits per heavy atom. The Hall–Kier alpha value is -3.27. The molecule has 0 saturated heterocycles. The Labute approximate surface area is 180 Å². The largest absolute Gasteiger partial charge is 0.481 e. The topological polar surface area (TPSA) is 108 Å². The Kier molecular flexibility index (Phi) is 5.99. The van der Waals surface area contributed by atoms with Crippen molar-refractivity contribution in [3.63, 3.8) is 0 Å². The molecule has 4 heterocycles. The van der Waals surface area contributed by atoms with Crippen LogP contribution >= 0.6 is 0 Å². The average Bonchev–Trinajstić information content (AvgIpc) is 3.41. The first-order valence-electron chi connectivity index (χ1n) is 10.2. The fraction of sp³-hybridized carbons (Fsp3) is 0.476. The molecule has 10 nitrogen and oxygen atoms in total. The summed E-state index contributed by atoms with van der Waals surface area (Å²) in [7, 11) is 3.26. The van der Waals surface area contributed by atoms with Gasteiger partial charge >= 0.3 is 0 Å². The Balaban J connectivity index is 1.44. The molecule has 0 fully saturated rings. The van der Waals surface area contributed by atoms with Gasteiger partial charge in [-0.2, -0.15) is 10.1 Å². The first-order chi connectivity index (χ1) is 15.0. The molecule has 0 aromatic carbocycles. The molecule has 0 aliphatic carbocycles. The van der Waals surface area contributed by atoms with Crippen LogP contribution in [0.4, 0.5) is 0 Å². The van der Waals surface area contributed by atoms with Crippen molar-refractivity contribution in [2.75, 3.05) is 27.3 Å². The van der Waals surface area contributed by atoms with Crippen molar-refractivity contribution in [2.45, 2.75) is 39.3 Å². The Morgan fingerprint density at radius 3 is 2.90 bits per heavy atom. The number of carbonyl (C=O) groups is 1. The van der Waals surface area contributed by atoms with E-state index in [1.165, 1.54) is 13.3 Å². The fourth-order valence-electron chi connectivity index (χ4n) is 3.53. The normalized spacial score (nSPS) is 13.3. The minimum Gasteiger partial charge on any atom is -0.481 e. The average molecular weight is 426 g/mol. The summed E-state index contributed by atoms with van der Waals surface area (Å²) in [4.78, 5) is 22.8. The summed E-state index contributed by atoms with van der Waals surface area (Å²) in [6.45, 7) is 5.80. The van der Waals surface area contributed by atoms with E-state index in [1.54, 1.807) is 24.1 Å². The van der Waals surface area contributed by atoms with E-state index in [1.807, 2.05) is 4.68 Å². The zero-order chi connectivity index (χ0) is 22.0. The second-order valence-corrected chi connectivity index (χ2v) is 7.70. The summed E-state index contributed by atoms with van der Waals surface area (Å²) in [6.07, 6.45) is 2.77. The van der Waals surface area contributed by atoms with Gasteiger partial charge in [0.25, 0.3) is 11.8 Å². The van der Waals surface area contributed by atoms with Crippen LogP contribution in [0.2, 0.25) is 0 Å². The van der Waals surface area contributed by atoms with Gasteiger partial charge in [-0.3, -0.25) is 9.48 Å². The molecule has 0 saturated carbocycles. The van der Waals surface area contributed by atoms with Gasteiger partial charge in [-0.05, 0) is 19.9 Å². The van der Waals surface area contributed by atoms with Gasteiger partial charge < -0.3 is 18.9 Å². The molecule has 3 aromatic rings. The lowest BCUT2D eigenvalue weighted by molar-refractivity contribution is 0.0795. The number of hydrogen-bond donors (Lipinski definition) is 0. The minimum absolute atomic E-state index is 0.138. The maximum absolute atomic E-state index is 12.6. The van der Waals surface area contributed by atoms with Crippen molar-refractivity contribution < 1.29 is 18.8 Å². The number of nitrogens with zero attached hydrogens (tertiary/aromatic N) is 6. The van der Waals surface area contributed by atoms with Crippen LogP contribution < -0.4 is 4.74 Å². The molecule has 31 heavy (non-hydrogen) atoms. The molecule has 0 bridgehead atoms. The lowest BCUT2D eigenvalue weighted by atomic mass is 10.1. The lowest BCUT2D eigenvalue weighted by Gasteiger charge is -2.16. The molecule has 0 radical (unpaired) electrons. The van der Waals surface area contributed by atoms with E-state index in [0.29, 0.717) is 55.0 Å². The highest BCUT2D eigenvalue weighted by Gasteiger charge is 2.26. The molecule has 1 aliphatic rings. The van der Waals surface area contributed by atoms with E-state index in [-0.39, 0.29) is 11.9 Å². The molecule has 3 aromatic heterocycles. The highest BCUT2D eigenvalue weighted by molar-refractivity contribution is 5.93. The van der Waals surface area contributed by atoms with Crippen LogP contribution in [0.15, 0.2) is 22.9 Å². The first-order valence-corrected chi connectivity index (χ1v) is 10.2. The zero-order valence-corrected chi connectivity index (χ0v) is 18.2. The van der Waals surface area contributed by atoms with Gasteiger partial charge in [-0.25, -0.2) is 4.98 Å². The molecule has 0 spiro atoms. The Morgan fingerprint density at radius 1 is 1.35 bits per heavy atom. The summed E-state index contributed by atoms with van der Waals surface area (Å²) in [5.41, 5.74) is 3.34. The predicted octanol–water partition coefficient (Wildman–Crippen LogP) is 2.31. The monoisotopic (exact) mass is 426 g/mol. The molecule has 0 atom stereocenters. The van der Waals surface area contributed by atoms with Crippen LogP contribution in [-0.4, -0.2) is 63.0 Å². The number of hydrogen-bond acceptors (Lipinski definition) is 8. The van der Waals surface area contributed by atoms with Crippen LogP contribution in [0.1, 0.15) is 47.3 Å². The maximum atomic E-state index is 12.6. The third kappa shape index (κ3) is 4.29. The van der Waals surface area contributed by atoms with Crippen molar-refractivity contribution >= 4 is 5.91 Å². The third-order valence-corrected chi connectivity index (χ3v) is 5.22. The maximum Gasteiger partial charge on any atom is 0.278 e. The summed E-state index contributed by atoms with van der Waals surface area (Å²) in [6, 6.07) is 3.58. The molecule has 10 heteroatoms. The number of aromatic nitrogens is 5. The van der Waals surface area contributed by atoms with Crippen LogP contribution in [0.3, 0.4) is 0 Å². The summed E-state index contributed by atoms with van der Waals surface area (Å²) < 4.78 is 18.1. The highest BCUT2D eigenvalue weighted by atomic mass is 16.5. The van der Waals surface area contributed by atoms with Gasteiger partial charge in [0.1, 0.15) is 0 Å². The predicted molar refractivity (Wildman–Crippen MR) is 111 cm³/mol. The van der Waals surface area contributed by atoms with Gasteiger partial charge in [0.15, 0.2) is 11.5 Å². The first kappa shape index (κ1) is 21.0. The molecular weight excluding hydrogens is 400 g/mol. The van der Waals surface area contributed by atoms with Gasteiger partial charge in [0.05, 0.1) is 25.9 Å². The Bertz CT molecular complexity index is 1060. The second-order valence-electron chi connectivity index (χ2n) is 7.70. The third-order valence-electron chi connectivity index (χ3n) is 5.22. The quantitative estimate of drug-likeness (QED) is 0.566. The number of amides is 1. The van der Waals surface area contributed by atoms with Crippen molar-refractivity contribution in [1.29, 1.82) is 0 Å². The van der Waals surface area contributed by atoms with Gasteiger partial charge in [0.2, 0.25) is 5.88 Å². The number of likely N-dealkylation sites (N-methyl/N-ethyl adjacent to an activating group) is 1. The molecule has 1 amide bonds. The van der Waals surface area contributed by atoms with Crippen molar-refractivity contribution in [2.24, 2.45) is 0 Å². The second kappa shape index (κ2) is 8.84. The molecule has 0 unspecified atom stereocenters. The van der Waals surface area contributed by atoms with Crippen molar-refractivity contribution in [3.05, 3.63) is 41.0 Å². The molecule has 4 rings (SSSR count). The standard InChI is InChI=1S/C21H26N6O4/c1-13(2)27-16-8-10-30-12-15(16)19(24-27)20-23-17(25-31-20)7-9-26(3)21(28)14-5-6-18(29-4)22-11-14/h5-6,11,13H,7-10,12H2,1-4H3. The minimum atomic E-state index is -0.138.